The van der Waals surface area contributed by atoms with Crippen LogP contribution < -0.4 is 5.32 Å². The summed E-state index contributed by atoms with van der Waals surface area (Å²) in [4.78, 5) is 15.8. The summed E-state index contributed by atoms with van der Waals surface area (Å²) < 4.78 is 1.75. The van der Waals surface area contributed by atoms with E-state index in [1.165, 1.54) is 0 Å². The fourth-order valence-corrected chi connectivity index (χ4v) is 1.28. The first kappa shape index (κ1) is 10.9. The molecule has 0 bridgehead atoms. The van der Waals surface area contributed by atoms with E-state index in [1.807, 2.05) is 20.9 Å². The Morgan fingerprint density at radius 1 is 1.71 bits per heavy atom. The topological polar surface area (TPSA) is 46.9 Å². The lowest BCUT2D eigenvalue weighted by molar-refractivity contribution is 0.0915. The Labute approximate surface area is 84.3 Å². The summed E-state index contributed by atoms with van der Waals surface area (Å²) in [6.45, 7) is 5.54. The Balaban J connectivity index is 2.61. The minimum Gasteiger partial charge on any atom is -0.332 e. The Morgan fingerprint density at radius 3 is 2.93 bits per heavy atom. The van der Waals surface area contributed by atoms with Crippen LogP contribution in [-0.4, -0.2) is 28.4 Å². The molecule has 0 spiro atoms. The maximum atomic E-state index is 11.8. The van der Waals surface area contributed by atoms with E-state index in [9.17, 15) is 4.79 Å². The standard InChI is InChI=1S/C10H17N3O/c1-4-11-7-8(2)9(14)10-12-5-6-13(10)3/h5-6,8,11H,4,7H2,1-3H3. The average molecular weight is 195 g/mol. The van der Waals surface area contributed by atoms with Crippen LogP contribution in [-0.2, 0) is 7.05 Å². The number of Topliss-reactive ketones (excluding diaryl/α,β-unsaturated/α-hetero) is 1. The van der Waals surface area contributed by atoms with Gasteiger partial charge in [0.25, 0.3) is 0 Å². The van der Waals surface area contributed by atoms with Gasteiger partial charge in [0, 0.05) is 31.9 Å². The molecule has 1 aromatic rings. The van der Waals surface area contributed by atoms with Gasteiger partial charge in [-0.15, -0.1) is 0 Å². The van der Waals surface area contributed by atoms with Crippen molar-refractivity contribution in [3.8, 4) is 0 Å². The summed E-state index contributed by atoms with van der Waals surface area (Å²) in [6, 6.07) is 0. The second-order valence-corrected chi connectivity index (χ2v) is 3.43. The molecule has 4 nitrogen and oxygen atoms in total. The Kier molecular flexibility index (Phi) is 3.83. The van der Waals surface area contributed by atoms with Crippen molar-refractivity contribution in [1.29, 1.82) is 0 Å². The van der Waals surface area contributed by atoms with E-state index in [-0.39, 0.29) is 11.7 Å². The van der Waals surface area contributed by atoms with E-state index < -0.39 is 0 Å². The maximum absolute atomic E-state index is 11.8. The minimum absolute atomic E-state index is 0.0175. The van der Waals surface area contributed by atoms with E-state index in [0.717, 1.165) is 6.54 Å². The number of aromatic nitrogens is 2. The Bertz CT molecular complexity index is 306. The van der Waals surface area contributed by atoms with E-state index in [1.54, 1.807) is 17.0 Å². The predicted molar refractivity (Wildman–Crippen MR) is 55.2 cm³/mol. The highest BCUT2D eigenvalue weighted by Crippen LogP contribution is 2.05. The van der Waals surface area contributed by atoms with Gasteiger partial charge < -0.3 is 9.88 Å². The monoisotopic (exact) mass is 195 g/mol. The number of rotatable bonds is 5. The fourth-order valence-electron chi connectivity index (χ4n) is 1.28. The second kappa shape index (κ2) is 4.91. The maximum Gasteiger partial charge on any atom is 0.202 e. The molecule has 1 N–H and O–H groups in total. The van der Waals surface area contributed by atoms with Crippen molar-refractivity contribution in [3.63, 3.8) is 0 Å². The van der Waals surface area contributed by atoms with Crippen molar-refractivity contribution >= 4 is 5.78 Å². The third-order valence-corrected chi connectivity index (χ3v) is 2.19. The predicted octanol–water partition coefficient (Wildman–Crippen LogP) is 0.848. The molecule has 0 aliphatic rings. The summed E-state index contributed by atoms with van der Waals surface area (Å²) in [7, 11) is 1.83. The van der Waals surface area contributed by atoms with Crippen LogP contribution in [0, 0.1) is 5.92 Å². The smallest absolute Gasteiger partial charge is 0.202 e. The van der Waals surface area contributed by atoms with Crippen LogP contribution in [0.5, 0.6) is 0 Å². The molecule has 0 aliphatic carbocycles. The quantitative estimate of drug-likeness (QED) is 0.708. The van der Waals surface area contributed by atoms with Gasteiger partial charge in [0.2, 0.25) is 5.78 Å². The molecule has 0 fully saturated rings. The lowest BCUT2D eigenvalue weighted by Gasteiger charge is -2.09. The van der Waals surface area contributed by atoms with Crippen LogP contribution in [0.4, 0.5) is 0 Å². The van der Waals surface area contributed by atoms with E-state index in [4.69, 9.17) is 0 Å². The lowest BCUT2D eigenvalue weighted by atomic mass is 10.1. The first-order chi connectivity index (χ1) is 6.66. The highest BCUT2D eigenvalue weighted by Gasteiger charge is 2.17. The van der Waals surface area contributed by atoms with Crippen LogP contribution in [0.3, 0.4) is 0 Å². The first-order valence-electron chi connectivity index (χ1n) is 4.89. The molecule has 1 heterocycles. The number of hydrogen-bond acceptors (Lipinski definition) is 3. The summed E-state index contributed by atoms with van der Waals surface area (Å²) in [6.07, 6.45) is 3.43. The molecule has 0 amide bonds. The molecular formula is C10H17N3O. The number of nitrogens with one attached hydrogen (secondary N) is 1. The third kappa shape index (κ3) is 2.42. The average Bonchev–Trinajstić information content (AvgIpc) is 2.59. The van der Waals surface area contributed by atoms with Gasteiger partial charge in [-0.25, -0.2) is 4.98 Å². The number of ketones is 1. The second-order valence-electron chi connectivity index (χ2n) is 3.43. The molecule has 14 heavy (non-hydrogen) atoms. The number of nitrogens with zero attached hydrogens (tertiary/aromatic N) is 2. The zero-order valence-corrected chi connectivity index (χ0v) is 8.95. The van der Waals surface area contributed by atoms with E-state index in [2.05, 4.69) is 10.3 Å². The molecule has 1 rings (SSSR count). The third-order valence-electron chi connectivity index (χ3n) is 2.19. The molecule has 1 aromatic heterocycles. The van der Waals surface area contributed by atoms with Crippen molar-refractivity contribution < 1.29 is 4.79 Å². The minimum atomic E-state index is -0.0175. The fraction of sp³-hybridized carbons (Fsp3) is 0.600. The van der Waals surface area contributed by atoms with Gasteiger partial charge >= 0.3 is 0 Å². The summed E-state index contributed by atoms with van der Waals surface area (Å²) in [5.74, 6) is 0.616. The highest BCUT2D eigenvalue weighted by molar-refractivity contribution is 5.94. The molecule has 0 saturated heterocycles. The molecule has 1 unspecified atom stereocenters. The normalized spacial score (nSPS) is 12.8. The largest absolute Gasteiger partial charge is 0.332 e. The zero-order valence-electron chi connectivity index (χ0n) is 8.95. The number of imidazole rings is 1. The molecular weight excluding hydrogens is 178 g/mol. The first-order valence-corrected chi connectivity index (χ1v) is 4.89. The highest BCUT2D eigenvalue weighted by atomic mass is 16.1. The van der Waals surface area contributed by atoms with Crippen LogP contribution >= 0.6 is 0 Å². The van der Waals surface area contributed by atoms with Gasteiger partial charge in [-0.05, 0) is 6.54 Å². The summed E-state index contributed by atoms with van der Waals surface area (Å²) in [5.41, 5.74) is 0. The van der Waals surface area contributed by atoms with Crippen molar-refractivity contribution in [2.75, 3.05) is 13.1 Å². The molecule has 78 valence electrons. The summed E-state index contributed by atoms with van der Waals surface area (Å²) >= 11 is 0. The van der Waals surface area contributed by atoms with Crippen LogP contribution in [0.2, 0.25) is 0 Å². The number of aryl methyl sites for hydroxylation is 1. The molecule has 1 atom stereocenters. The SMILES string of the molecule is CCNCC(C)C(=O)c1nccn1C. The Morgan fingerprint density at radius 2 is 2.43 bits per heavy atom. The van der Waals surface area contributed by atoms with Crippen molar-refractivity contribution in [2.45, 2.75) is 13.8 Å². The Hall–Kier alpha value is -1.16. The number of hydrogen-bond donors (Lipinski definition) is 1. The molecule has 0 radical (unpaired) electrons. The van der Waals surface area contributed by atoms with E-state index in [0.29, 0.717) is 12.4 Å². The molecule has 0 aliphatic heterocycles. The lowest BCUT2D eigenvalue weighted by Crippen LogP contribution is -2.27. The van der Waals surface area contributed by atoms with Crippen molar-refractivity contribution in [2.24, 2.45) is 13.0 Å². The van der Waals surface area contributed by atoms with Gasteiger partial charge in [0.05, 0.1) is 0 Å². The zero-order chi connectivity index (χ0) is 10.6. The van der Waals surface area contributed by atoms with Crippen LogP contribution in [0.1, 0.15) is 24.5 Å². The van der Waals surface area contributed by atoms with Gasteiger partial charge in [-0.2, -0.15) is 0 Å². The van der Waals surface area contributed by atoms with Crippen molar-refractivity contribution in [1.82, 2.24) is 14.9 Å². The van der Waals surface area contributed by atoms with Gasteiger partial charge in [-0.1, -0.05) is 13.8 Å². The number of carbonyl (C=O) groups is 1. The number of carbonyl (C=O) groups excluding carboxylic acids is 1. The van der Waals surface area contributed by atoms with Crippen molar-refractivity contribution in [3.05, 3.63) is 18.2 Å². The van der Waals surface area contributed by atoms with Crippen LogP contribution in [0.15, 0.2) is 12.4 Å². The van der Waals surface area contributed by atoms with Gasteiger partial charge in [-0.3, -0.25) is 4.79 Å². The van der Waals surface area contributed by atoms with Crippen LogP contribution in [0.25, 0.3) is 0 Å². The van der Waals surface area contributed by atoms with E-state index >= 15 is 0 Å². The van der Waals surface area contributed by atoms with Gasteiger partial charge in [0.1, 0.15) is 0 Å². The molecule has 0 aromatic carbocycles. The van der Waals surface area contributed by atoms with Gasteiger partial charge in [0.15, 0.2) is 5.82 Å². The molecule has 4 heteroatoms. The molecule has 0 saturated carbocycles. The summed E-state index contributed by atoms with van der Waals surface area (Å²) in [5, 5.41) is 3.15.